The molecule has 0 saturated carbocycles. The molecule has 1 N–H and O–H groups in total. The molecule has 0 bridgehead atoms. The second-order valence-corrected chi connectivity index (χ2v) is 8.11. The molecule has 1 aromatic rings. The Bertz CT molecular complexity index is 646. The number of hydrogen-bond acceptors (Lipinski definition) is 5. The van der Waals surface area contributed by atoms with E-state index in [1.54, 1.807) is 18.5 Å². The minimum atomic E-state index is -2.94. The molecule has 1 aliphatic rings. The predicted octanol–water partition coefficient (Wildman–Crippen LogP) is 1.62. The van der Waals surface area contributed by atoms with Crippen molar-refractivity contribution in [2.24, 2.45) is 0 Å². The van der Waals surface area contributed by atoms with Crippen molar-refractivity contribution < 1.29 is 13.2 Å². The molecule has 1 unspecified atom stereocenters. The monoisotopic (exact) mass is 339 g/mol. The Morgan fingerprint density at radius 2 is 2.17 bits per heavy atom. The van der Waals surface area contributed by atoms with Gasteiger partial charge in [-0.15, -0.1) is 0 Å². The van der Waals surface area contributed by atoms with Gasteiger partial charge in [-0.25, -0.2) is 8.42 Å². The quantitative estimate of drug-likeness (QED) is 0.764. The molecule has 1 fully saturated rings. The largest absolute Gasteiger partial charge is 0.367 e. The molecule has 2 rings (SSSR count). The summed E-state index contributed by atoms with van der Waals surface area (Å²) in [5.41, 5.74) is 1.32. The van der Waals surface area contributed by atoms with Crippen molar-refractivity contribution in [3.8, 4) is 0 Å². The highest BCUT2D eigenvalue weighted by Gasteiger charge is 2.32. The number of unbranched alkanes of at least 4 members (excludes halogenated alkanes) is 1. The fourth-order valence-corrected chi connectivity index (χ4v) is 4.59. The van der Waals surface area contributed by atoms with Gasteiger partial charge in [0.1, 0.15) is 0 Å². The van der Waals surface area contributed by atoms with E-state index in [2.05, 4.69) is 17.2 Å². The molecule has 0 aliphatic carbocycles. The molecule has 1 aromatic heterocycles. The van der Waals surface area contributed by atoms with E-state index in [0.717, 1.165) is 18.5 Å². The number of carbonyl (C=O) groups excluding carboxylic acids is 1. The van der Waals surface area contributed by atoms with E-state index in [-0.39, 0.29) is 23.5 Å². The van der Waals surface area contributed by atoms with Crippen LogP contribution >= 0.6 is 0 Å². The van der Waals surface area contributed by atoms with Crippen LogP contribution in [-0.4, -0.2) is 49.9 Å². The number of hydrogen-bond donors (Lipinski definition) is 1. The van der Waals surface area contributed by atoms with E-state index in [1.807, 2.05) is 11.8 Å². The van der Waals surface area contributed by atoms with Crippen LogP contribution in [0.15, 0.2) is 18.5 Å². The Hall–Kier alpha value is -1.63. The summed E-state index contributed by atoms with van der Waals surface area (Å²) < 4.78 is 23.4. The Morgan fingerprint density at radius 1 is 1.39 bits per heavy atom. The van der Waals surface area contributed by atoms with Crippen molar-refractivity contribution in [2.75, 3.05) is 29.5 Å². The molecule has 23 heavy (non-hydrogen) atoms. The van der Waals surface area contributed by atoms with Crippen molar-refractivity contribution in [3.05, 3.63) is 24.0 Å². The van der Waals surface area contributed by atoms with E-state index in [1.165, 1.54) is 0 Å². The van der Waals surface area contributed by atoms with Gasteiger partial charge in [-0.3, -0.25) is 9.78 Å². The van der Waals surface area contributed by atoms with Crippen LogP contribution in [0, 0.1) is 0 Å². The summed E-state index contributed by atoms with van der Waals surface area (Å²) in [5.74, 6) is 0.273. The molecular weight excluding hydrogens is 314 g/mol. The van der Waals surface area contributed by atoms with E-state index < -0.39 is 9.84 Å². The number of anilines is 1. The van der Waals surface area contributed by atoms with Gasteiger partial charge >= 0.3 is 0 Å². The number of sulfone groups is 1. The van der Waals surface area contributed by atoms with Gasteiger partial charge in [0, 0.05) is 25.3 Å². The average molecular weight is 339 g/mol. The van der Waals surface area contributed by atoms with E-state index in [0.29, 0.717) is 25.1 Å². The number of amides is 1. The van der Waals surface area contributed by atoms with Crippen LogP contribution in [-0.2, 0) is 9.84 Å². The second kappa shape index (κ2) is 7.77. The highest BCUT2D eigenvalue weighted by molar-refractivity contribution is 7.91. The number of aromatic nitrogens is 1. The van der Waals surface area contributed by atoms with Gasteiger partial charge in [0.15, 0.2) is 9.84 Å². The van der Waals surface area contributed by atoms with Crippen molar-refractivity contribution in [3.63, 3.8) is 0 Å². The fourth-order valence-electron chi connectivity index (χ4n) is 2.86. The zero-order valence-corrected chi connectivity index (χ0v) is 14.6. The molecule has 6 nitrogen and oxygen atoms in total. The Balaban J connectivity index is 2.12. The average Bonchev–Trinajstić information content (AvgIpc) is 2.88. The maximum absolute atomic E-state index is 12.1. The van der Waals surface area contributed by atoms with Gasteiger partial charge in [-0.1, -0.05) is 13.3 Å². The van der Waals surface area contributed by atoms with Gasteiger partial charge in [-0.2, -0.15) is 0 Å². The second-order valence-electron chi connectivity index (χ2n) is 5.88. The zero-order valence-electron chi connectivity index (χ0n) is 13.8. The molecule has 7 heteroatoms. The molecule has 1 saturated heterocycles. The number of rotatable bonds is 7. The number of pyridine rings is 1. The Kier molecular flexibility index (Phi) is 5.98. The van der Waals surface area contributed by atoms with Crippen molar-refractivity contribution in [2.45, 2.75) is 39.2 Å². The first-order valence-electron chi connectivity index (χ1n) is 8.17. The molecule has 0 spiro atoms. The lowest BCUT2D eigenvalue weighted by Crippen LogP contribution is -2.36. The molecule has 1 atom stereocenters. The summed E-state index contributed by atoms with van der Waals surface area (Å²) in [6, 6.07) is 1.76. The van der Waals surface area contributed by atoms with Crippen molar-refractivity contribution in [1.29, 1.82) is 0 Å². The predicted molar refractivity (Wildman–Crippen MR) is 91.6 cm³/mol. The van der Waals surface area contributed by atoms with Gasteiger partial charge in [0.2, 0.25) is 0 Å². The van der Waals surface area contributed by atoms with E-state index >= 15 is 0 Å². The van der Waals surface area contributed by atoms with E-state index in [4.69, 9.17) is 0 Å². The maximum Gasteiger partial charge on any atom is 0.252 e. The van der Waals surface area contributed by atoms with Gasteiger partial charge < -0.3 is 10.2 Å². The minimum Gasteiger partial charge on any atom is -0.367 e. The van der Waals surface area contributed by atoms with Crippen LogP contribution in [0.1, 0.15) is 43.5 Å². The van der Waals surface area contributed by atoms with Crippen molar-refractivity contribution >= 4 is 21.4 Å². The van der Waals surface area contributed by atoms with Crippen molar-refractivity contribution in [1.82, 2.24) is 10.3 Å². The topological polar surface area (TPSA) is 79.4 Å². The summed E-state index contributed by atoms with van der Waals surface area (Å²) in [5, 5.41) is 2.87. The van der Waals surface area contributed by atoms with E-state index in [9.17, 15) is 13.2 Å². The number of nitrogens with zero attached hydrogens (tertiary/aromatic N) is 2. The lowest BCUT2D eigenvalue weighted by Gasteiger charge is -2.29. The van der Waals surface area contributed by atoms with Gasteiger partial charge in [0.05, 0.1) is 29.0 Å². The molecule has 1 amide bonds. The summed E-state index contributed by atoms with van der Waals surface area (Å²) in [6.45, 7) is 5.39. The van der Waals surface area contributed by atoms with Gasteiger partial charge in [-0.05, 0) is 25.8 Å². The summed E-state index contributed by atoms with van der Waals surface area (Å²) in [6.07, 6.45) is 5.84. The summed E-state index contributed by atoms with van der Waals surface area (Å²) in [7, 11) is -2.94. The Morgan fingerprint density at radius 3 is 2.78 bits per heavy atom. The minimum absolute atomic E-state index is 0.0368. The Labute approximate surface area is 138 Å². The molecule has 0 aromatic carbocycles. The first-order valence-corrected chi connectivity index (χ1v) is 9.99. The molecule has 1 aliphatic heterocycles. The fraction of sp³-hybridized carbons (Fsp3) is 0.625. The first-order chi connectivity index (χ1) is 11.0. The standard InChI is InChI=1S/C16H25N3O3S/c1-3-5-7-18-16(20)13-9-15(11-17-10-13)19(4-2)14-6-8-23(21,22)12-14/h9-11,14H,3-8,12H2,1-2H3,(H,18,20). The molecule has 2 heterocycles. The van der Waals surface area contributed by atoms with Crippen LogP contribution in [0.4, 0.5) is 5.69 Å². The molecule has 0 radical (unpaired) electrons. The number of carbonyl (C=O) groups is 1. The summed E-state index contributed by atoms with van der Waals surface area (Å²) in [4.78, 5) is 18.3. The van der Waals surface area contributed by atoms with Crippen LogP contribution in [0.2, 0.25) is 0 Å². The highest BCUT2D eigenvalue weighted by atomic mass is 32.2. The van der Waals surface area contributed by atoms with Crippen LogP contribution < -0.4 is 10.2 Å². The first kappa shape index (κ1) is 17.7. The molecular formula is C16H25N3O3S. The highest BCUT2D eigenvalue weighted by Crippen LogP contribution is 2.24. The SMILES string of the molecule is CCCCNC(=O)c1cncc(N(CC)C2CCS(=O)(=O)C2)c1. The smallest absolute Gasteiger partial charge is 0.252 e. The number of nitrogens with one attached hydrogen (secondary N) is 1. The van der Waals surface area contributed by atoms with Crippen LogP contribution in [0.3, 0.4) is 0 Å². The lowest BCUT2D eigenvalue weighted by molar-refractivity contribution is 0.0953. The molecule has 128 valence electrons. The zero-order chi connectivity index (χ0) is 16.9. The third kappa shape index (κ3) is 4.67. The maximum atomic E-state index is 12.1. The van der Waals surface area contributed by atoms with Crippen LogP contribution in [0.25, 0.3) is 0 Å². The lowest BCUT2D eigenvalue weighted by atomic mass is 10.1. The normalized spacial score (nSPS) is 19.5. The third-order valence-corrected chi connectivity index (χ3v) is 5.87. The third-order valence-electron chi connectivity index (χ3n) is 4.12. The summed E-state index contributed by atoms with van der Waals surface area (Å²) >= 11 is 0. The van der Waals surface area contributed by atoms with Crippen LogP contribution in [0.5, 0.6) is 0 Å². The van der Waals surface area contributed by atoms with Gasteiger partial charge in [0.25, 0.3) is 5.91 Å².